The van der Waals surface area contributed by atoms with Crippen molar-refractivity contribution >= 4 is 11.9 Å². The number of nitrogens with zero attached hydrogens (tertiary/aromatic N) is 3. The molecule has 1 aliphatic heterocycles. The molecule has 0 fully saturated rings. The quantitative estimate of drug-likeness (QED) is 0.813. The molecule has 1 unspecified atom stereocenters. The molecule has 2 aromatic heterocycles. The summed E-state index contributed by atoms with van der Waals surface area (Å²) in [6, 6.07) is 2.81. The van der Waals surface area contributed by atoms with Gasteiger partial charge >= 0.3 is 5.97 Å². The average molecular weight is 391 g/mol. The van der Waals surface area contributed by atoms with Gasteiger partial charge in [-0.05, 0) is 31.5 Å². The number of carboxylic acid groups (broad SMARTS) is 1. The van der Waals surface area contributed by atoms with Gasteiger partial charge in [0.2, 0.25) is 5.88 Å². The van der Waals surface area contributed by atoms with Gasteiger partial charge in [0.25, 0.3) is 11.8 Å². The van der Waals surface area contributed by atoms with Crippen molar-refractivity contribution in [3.8, 4) is 5.88 Å². The first-order valence-corrected chi connectivity index (χ1v) is 8.58. The number of carbonyl (C=O) groups is 2. The van der Waals surface area contributed by atoms with E-state index in [-0.39, 0.29) is 24.0 Å². The summed E-state index contributed by atoms with van der Waals surface area (Å²) in [4.78, 5) is 33.6. The van der Waals surface area contributed by atoms with Crippen molar-refractivity contribution in [1.82, 2.24) is 14.9 Å². The minimum Gasteiger partial charge on any atom is -0.477 e. The van der Waals surface area contributed by atoms with Crippen molar-refractivity contribution < 1.29 is 28.2 Å². The van der Waals surface area contributed by atoms with Gasteiger partial charge in [-0.15, -0.1) is 0 Å². The summed E-state index contributed by atoms with van der Waals surface area (Å²) < 4.78 is 31.0. The Bertz CT molecular complexity index is 943. The number of fused-ring (bicyclic) bond motifs is 1. The second-order valence-corrected chi connectivity index (χ2v) is 6.85. The van der Waals surface area contributed by atoms with E-state index in [1.165, 1.54) is 23.4 Å². The zero-order chi connectivity index (χ0) is 20.6. The molecule has 1 amide bonds. The third kappa shape index (κ3) is 3.78. The summed E-state index contributed by atoms with van der Waals surface area (Å²) in [6.45, 7) is 3.56. The van der Waals surface area contributed by atoms with Crippen molar-refractivity contribution in [3.63, 3.8) is 0 Å². The average Bonchev–Trinajstić information content (AvgIpc) is 2.96. The highest BCUT2D eigenvalue weighted by Crippen LogP contribution is 2.33. The fraction of sp³-hybridized carbons (Fsp3) is 0.368. The summed E-state index contributed by atoms with van der Waals surface area (Å²) in [6.07, 6.45) is 2.77. The number of rotatable bonds is 6. The minimum atomic E-state index is -2.97. The van der Waals surface area contributed by atoms with Crippen molar-refractivity contribution in [3.05, 3.63) is 52.5 Å². The van der Waals surface area contributed by atoms with Crippen molar-refractivity contribution in [2.24, 2.45) is 0 Å². The highest BCUT2D eigenvalue weighted by molar-refractivity contribution is 6.01. The van der Waals surface area contributed by atoms with E-state index in [4.69, 9.17) is 4.74 Å². The second kappa shape index (κ2) is 7.14. The lowest BCUT2D eigenvalue weighted by molar-refractivity contribution is -0.0244. The molecule has 9 heteroatoms. The Morgan fingerprint density at radius 1 is 1.43 bits per heavy atom. The molecule has 0 bridgehead atoms. The van der Waals surface area contributed by atoms with E-state index in [1.807, 2.05) is 0 Å². The number of hydrogen-bond donors (Lipinski definition) is 1. The van der Waals surface area contributed by atoms with Gasteiger partial charge in [0.15, 0.2) is 12.3 Å². The maximum absolute atomic E-state index is 13.0. The Morgan fingerprint density at radius 2 is 2.14 bits per heavy atom. The number of aryl methyl sites for hydroxylation is 1. The Labute approximate surface area is 160 Å². The molecule has 1 N–H and O–H groups in total. The molecule has 1 atom stereocenters. The van der Waals surface area contributed by atoms with E-state index < -0.39 is 24.5 Å². The van der Waals surface area contributed by atoms with Gasteiger partial charge in [-0.3, -0.25) is 4.79 Å². The molecule has 0 radical (unpaired) electrons. The van der Waals surface area contributed by atoms with Crippen molar-refractivity contribution in [1.29, 1.82) is 0 Å². The van der Waals surface area contributed by atoms with Crippen LogP contribution in [0.5, 0.6) is 5.88 Å². The van der Waals surface area contributed by atoms with E-state index in [1.54, 1.807) is 19.9 Å². The molecule has 1 aliphatic rings. The second-order valence-electron chi connectivity index (χ2n) is 6.85. The molecule has 0 aliphatic carbocycles. The standard InChI is InChI=1S/C19H19F2N3O4/c1-10-6-12(7-23-16(10)28-9-19(3,20)21)11(2)24-8-14-13(17(24)25)4-5-22-15(14)18(26)27/h4-7,11H,8-9H2,1-3H3,(H,26,27). The van der Waals surface area contributed by atoms with Gasteiger partial charge in [0.05, 0.1) is 6.04 Å². The van der Waals surface area contributed by atoms with Crippen LogP contribution < -0.4 is 4.74 Å². The topological polar surface area (TPSA) is 92.6 Å². The molecule has 148 valence electrons. The molecule has 7 nitrogen and oxygen atoms in total. The van der Waals surface area contributed by atoms with Gasteiger partial charge in [0, 0.05) is 42.6 Å². The van der Waals surface area contributed by atoms with Crippen LogP contribution in [0.15, 0.2) is 24.5 Å². The number of hydrogen-bond acceptors (Lipinski definition) is 5. The maximum Gasteiger partial charge on any atom is 0.354 e. The van der Waals surface area contributed by atoms with Gasteiger partial charge in [0.1, 0.15) is 0 Å². The number of carbonyl (C=O) groups excluding carboxylic acids is 1. The van der Waals surface area contributed by atoms with Crippen LogP contribution in [-0.4, -0.2) is 44.4 Å². The summed E-state index contributed by atoms with van der Waals surface area (Å²) in [5, 5.41) is 9.28. The van der Waals surface area contributed by atoms with Crippen LogP contribution in [0.4, 0.5) is 8.78 Å². The molecule has 0 saturated heterocycles. The summed E-state index contributed by atoms with van der Waals surface area (Å²) >= 11 is 0. The maximum atomic E-state index is 13.0. The predicted molar refractivity (Wildman–Crippen MR) is 94.6 cm³/mol. The summed E-state index contributed by atoms with van der Waals surface area (Å²) in [5.74, 6) is -4.35. The zero-order valence-electron chi connectivity index (χ0n) is 15.6. The van der Waals surface area contributed by atoms with Crippen molar-refractivity contribution in [2.45, 2.75) is 39.3 Å². The molecular formula is C19H19F2N3O4. The third-order valence-electron chi connectivity index (χ3n) is 4.54. The SMILES string of the molecule is Cc1cc(C(C)N2Cc3c(ccnc3C(=O)O)C2=O)cnc1OCC(C)(F)F. The van der Waals surface area contributed by atoms with E-state index in [0.717, 1.165) is 6.92 Å². The Balaban J connectivity index is 1.82. The molecule has 3 rings (SSSR count). The highest BCUT2D eigenvalue weighted by Gasteiger charge is 2.35. The van der Waals surface area contributed by atoms with Gasteiger partial charge in [-0.2, -0.15) is 0 Å². The van der Waals surface area contributed by atoms with Crippen LogP contribution in [0, 0.1) is 6.92 Å². The van der Waals surface area contributed by atoms with Crippen LogP contribution in [0.3, 0.4) is 0 Å². The summed E-state index contributed by atoms with van der Waals surface area (Å²) in [5.41, 5.74) is 1.79. The predicted octanol–water partition coefficient (Wildman–Crippen LogP) is 3.23. The number of aromatic carboxylic acids is 1. The first kappa shape index (κ1) is 19.7. The van der Waals surface area contributed by atoms with E-state index in [0.29, 0.717) is 22.3 Å². The number of amides is 1. The van der Waals surface area contributed by atoms with E-state index in [2.05, 4.69) is 9.97 Å². The Hall–Kier alpha value is -3.10. The van der Waals surface area contributed by atoms with Crippen molar-refractivity contribution in [2.75, 3.05) is 6.61 Å². The number of aromatic nitrogens is 2. The van der Waals surface area contributed by atoms with Gasteiger partial charge in [-0.25, -0.2) is 23.5 Å². The Morgan fingerprint density at radius 3 is 2.75 bits per heavy atom. The zero-order valence-corrected chi connectivity index (χ0v) is 15.6. The molecule has 28 heavy (non-hydrogen) atoms. The number of pyridine rings is 2. The minimum absolute atomic E-state index is 0.103. The Kier molecular flexibility index (Phi) is 5.01. The fourth-order valence-electron chi connectivity index (χ4n) is 3.09. The van der Waals surface area contributed by atoms with Crippen LogP contribution in [0.1, 0.15) is 57.4 Å². The normalized spacial score (nSPS) is 14.8. The van der Waals surface area contributed by atoms with Gasteiger partial charge in [-0.1, -0.05) is 0 Å². The van der Waals surface area contributed by atoms with Crippen LogP contribution in [0.2, 0.25) is 0 Å². The lowest BCUT2D eigenvalue weighted by atomic mass is 10.1. The molecule has 3 heterocycles. The number of alkyl halides is 2. The van der Waals surface area contributed by atoms with Crippen LogP contribution in [-0.2, 0) is 6.54 Å². The lowest BCUT2D eigenvalue weighted by Crippen LogP contribution is -2.27. The molecule has 0 aromatic carbocycles. The monoisotopic (exact) mass is 391 g/mol. The number of halogens is 2. The fourth-order valence-corrected chi connectivity index (χ4v) is 3.09. The smallest absolute Gasteiger partial charge is 0.354 e. The first-order valence-electron chi connectivity index (χ1n) is 8.58. The van der Waals surface area contributed by atoms with E-state index >= 15 is 0 Å². The first-order chi connectivity index (χ1) is 13.1. The number of ether oxygens (including phenoxy) is 1. The largest absolute Gasteiger partial charge is 0.477 e. The third-order valence-corrected chi connectivity index (χ3v) is 4.54. The lowest BCUT2D eigenvalue weighted by Gasteiger charge is -2.25. The molecule has 0 saturated carbocycles. The molecule has 0 spiro atoms. The van der Waals surface area contributed by atoms with Gasteiger partial charge < -0.3 is 14.7 Å². The highest BCUT2D eigenvalue weighted by atomic mass is 19.3. The summed E-state index contributed by atoms with van der Waals surface area (Å²) in [7, 11) is 0. The molecule has 2 aromatic rings. The number of carboxylic acids is 1. The van der Waals surface area contributed by atoms with E-state index in [9.17, 15) is 23.5 Å². The van der Waals surface area contributed by atoms with Crippen LogP contribution in [0.25, 0.3) is 0 Å². The molecular weight excluding hydrogens is 372 g/mol. The van der Waals surface area contributed by atoms with Crippen LogP contribution >= 0.6 is 0 Å².